The second-order valence-electron chi connectivity index (χ2n) is 7.78. The summed E-state index contributed by atoms with van der Waals surface area (Å²) in [6.45, 7) is 2.16. The summed E-state index contributed by atoms with van der Waals surface area (Å²) < 4.78 is 32.4. The highest BCUT2D eigenvalue weighted by Gasteiger charge is 2.53. The lowest BCUT2D eigenvalue weighted by atomic mass is 9.85. The Morgan fingerprint density at radius 2 is 2.04 bits per heavy atom. The Bertz CT molecular complexity index is 929. The second-order valence-corrected chi connectivity index (χ2v) is 9.66. The molecule has 5 rings (SSSR count). The average molecular weight is 377 g/mol. The van der Waals surface area contributed by atoms with Crippen LogP contribution in [0.25, 0.3) is 11.0 Å². The molecule has 8 nitrogen and oxygen atoms in total. The average Bonchev–Trinajstić information content (AvgIpc) is 3.18. The number of fused-ring (bicyclic) bond motifs is 3. The van der Waals surface area contributed by atoms with E-state index in [4.69, 9.17) is 4.74 Å². The van der Waals surface area contributed by atoms with Gasteiger partial charge in [0.15, 0.2) is 0 Å². The fourth-order valence-electron chi connectivity index (χ4n) is 5.19. The molecule has 0 saturated carbocycles. The van der Waals surface area contributed by atoms with Gasteiger partial charge in [0, 0.05) is 31.4 Å². The Morgan fingerprint density at radius 3 is 2.77 bits per heavy atom. The van der Waals surface area contributed by atoms with E-state index in [0.29, 0.717) is 6.61 Å². The number of rotatable bonds is 2. The summed E-state index contributed by atoms with van der Waals surface area (Å²) in [5.41, 5.74) is 0.543. The third kappa shape index (κ3) is 2.52. The fraction of sp³-hybridized carbons (Fsp3) is 0.647. The third-order valence-electron chi connectivity index (χ3n) is 6.03. The molecule has 0 aromatic carbocycles. The maximum absolute atomic E-state index is 12.2. The highest BCUT2D eigenvalue weighted by Crippen LogP contribution is 2.45. The van der Waals surface area contributed by atoms with E-state index in [1.807, 2.05) is 12.3 Å². The molecule has 1 N–H and O–H groups in total. The number of piperidine rings is 1. The lowest BCUT2D eigenvalue weighted by Gasteiger charge is -2.50. The van der Waals surface area contributed by atoms with Crippen LogP contribution >= 0.6 is 0 Å². The maximum atomic E-state index is 12.2. The van der Waals surface area contributed by atoms with Gasteiger partial charge in [-0.1, -0.05) is 0 Å². The number of hydrogen-bond acceptors (Lipinski definition) is 6. The number of hydrogen-bond donors (Lipinski definition) is 1. The van der Waals surface area contributed by atoms with Crippen LogP contribution in [0.15, 0.2) is 18.6 Å². The van der Waals surface area contributed by atoms with Crippen molar-refractivity contribution < 1.29 is 13.2 Å². The predicted octanol–water partition coefficient (Wildman–Crippen LogP) is 1.12. The van der Waals surface area contributed by atoms with Gasteiger partial charge in [-0.25, -0.2) is 18.4 Å². The van der Waals surface area contributed by atoms with Crippen LogP contribution in [0.1, 0.15) is 25.7 Å². The van der Waals surface area contributed by atoms with Crippen LogP contribution in [0.3, 0.4) is 0 Å². The van der Waals surface area contributed by atoms with Crippen molar-refractivity contribution in [1.82, 2.24) is 19.3 Å². The molecule has 3 aliphatic heterocycles. The van der Waals surface area contributed by atoms with Gasteiger partial charge in [0.05, 0.1) is 23.8 Å². The molecule has 140 valence electrons. The molecule has 3 saturated heterocycles. The third-order valence-corrected chi connectivity index (χ3v) is 7.39. The van der Waals surface area contributed by atoms with Crippen molar-refractivity contribution in [2.45, 2.75) is 43.4 Å². The van der Waals surface area contributed by atoms with Crippen molar-refractivity contribution in [2.24, 2.45) is 0 Å². The smallest absolute Gasteiger partial charge is 0.211 e. The molecule has 1 spiro atoms. The summed E-state index contributed by atoms with van der Waals surface area (Å²) in [6, 6.07) is 2.12. The van der Waals surface area contributed by atoms with Crippen molar-refractivity contribution in [1.29, 1.82) is 0 Å². The Hall–Kier alpha value is -1.71. The number of aromatic amines is 1. The molecule has 5 heterocycles. The van der Waals surface area contributed by atoms with Gasteiger partial charge < -0.3 is 14.6 Å². The first-order chi connectivity index (χ1) is 12.5. The number of aromatic nitrogens is 3. The molecule has 2 aromatic rings. The Morgan fingerprint density at radius 1 is 1.27 bits per heavy atom. The number of anilines is 1. The molecule has 1 unspecified atom stereocenters. The fourth-order valence-corrected chi connectivity index (χ4v) is 6.63. The van der Waals surface area contributed by atoms with Gasteiger partial charge in [-0.15, -0.1) is 0 Å². The van der Waals surface area contributed by atoms with Crippen LogP contribution in [0, 0.1) is 0 Å². The molecule has 9 heteroatoms. The summed E-state index contributed by atoms with van der Waals surface area (Å²) in [5, 5.41) is 1.01. The number of nitrogens with one attached hydrogen (secondary N) is 1. The Labute approximate surface area is 152 Å². The summed E-state index contributed by atoms with van der Waals surface area (Å²) in [7, 11) is -3.16. The molecule has 0 amide bonds. The summed E-state index contributed by atoms with van der Waals surface area (Å²) in [5.74, 6) is 0.928. The van der Waals surface area contributed by atoms with Crippen LogP contribution < -0.4 is 4.90 Å². The van der Waals surface area contributed by atoms with E-state index in [-0.39, 0.29) is 17.7 Å². The lowest BCUT2D eigenvalue weighted by Crippen LogP contribution is -2.61. The number of sulfonamides is 1. The van der Waals surface area contributed by atoms with Crippen molar-refractivity contribution in [3.63, 3.8) is 0 Å². The monoisotopic (exact) mass is 377 g/mol. The molecule has 3 atom stereocenters. The van der Waals surface area contributed by atoms with E-state index < -0.39 is 10.0 Å². The van der Waals surface area contributed by atoms with Gasteiger partial charge in [0.2, 0.25) is 10.0 Å². The van der Waals surface area contributed by atoms with Crippen LogP contribution in [-0.2, 0) is 14.8 Å². The Balaban J connectivity index is 1.44. The number of morpholine rings is 1. The highest BCUT2D eigenvalue weighted by molar-refractivity contribution is 7.88. The maximum Gasteiger partial charge on any atom is 0.211 e. The first-order valence-electron chi connectivity index (χ1n) is 9.11. The number of nitrogens with zero attached hydrogens (tertiary/aromatic N) is 4. The molecular weight excluding hydrogens is 354 g/mol. The van der Waals surface area contributed by atoms with Crippen molar-refractivity contribution in [2.75, 3.05) is 30.9 Å². The highest BCUT2D eigenvalue weighted by atomic mass is 32.2. The van der Waals surface area contributed by atoms with Gasteiger partial charge in [-0.3, -0.25) is 0 Å². The topological polar surface area (TPSA) is 91.4 Å². The summed E-state index contributed by atoms with van der Waals surface area (Å²) in [4.78, 5) is 14.2. The number of H-pyrrole nitrogens is 1. The first-order valence-corrected chi connectivity index (χ1v) is 11.0. The zero-order valence-electron chi connectivity index (χ0n) is 14.8. The van der Waals surface area contributed by atoms with Gasteiger partial charge >= 0.3 is 0 Å². The van der Waals surface area contributed by atoms with Crippen LogP contribution in [-0.4, -0.2) is 71.3 Å². The predicted molar refractivity (Wildman–Crippen MR) is 97.5 cm³/mol. The normalized spacial score (nSPS) is 32.6. The minimum Gasteiger partial charge on any atom is -0.371 e. The van der Waals surface area contributed by atoms with Gasteiger partial charge in [-0.2, -0.15) is 4.31 Å². The van der Waals surface area contributed by atoms with Gasteiger partial charge in [0.1, 0.15) is 17.8 Å². The largest absolute Gasteiger partial charge is 0.371 e. The summed E-state index contributed by atoms with van der Waals surface area (Å²) in [6.07, 6.45) is 8.17. The van der Waals surface area contributed by atoms with E-state index in [1.54, 1.807) is 10.6 Å². The van der Waals surface area contributed by atoms with Crippen molar-refractivity contribution >= 4 is 26.9 Å². The molecule has 0 aliphatic carbocycles. The van der Waals surface area contributed by atoms with Gasteiger partial charge in [0.25, 0.3) is 0 Å². The summed E-state index contributed by atoms with van der Waals surface area (Å²) >= 11 is 0. The molecular formula is C17H23N5O3S. The van der Waals surface area contributed by atoms with Crippen molar-refractivity contribution in [3.05, 3.63) is 18.6 Å². The van der Waals surface area contributed by atoms with E-state index in [9.17, 15) is 8.42 Å². The minimum absolute atomic E-state index is 0.0568. The zero-order valence-corrected chi connectivity index (χ0v) is 15.6. The van der Waals surface area contributed by atoms with Gasteiger partial charge in [-0.05, 0) is 31.7 Å². The minimum atomic E-state index is -3.16. The van der Waals surface area contributed by atoms with Crippen LogP contribution in [0.5, 0.6) is 0 Å². The van der Waals surface area contributed by atoms with E-state index in [0.717, 1.165) is 55.6 Å². The molecule has 2 bridgehead atoms. The molecule has 2 aromatic heterocycles. The number of ether oxygens (including phenoxy) is 1. The zero-order chi connectivity index (χ0) is 17.9. The molecule has 3 aliphatic rings. The van der Waals surface area contributed by atoms with Crippen molar-refractivity contribution in [3.8, 4) is 0 Å². The first kappa shape index (κ1) is 16.5. The lowest BCUT2D eigenvalue weighted by molar-refractivity contribution is -0.0972. The van der Waals surface area contributed by atoms with E-state index in [1.165, 1.54) is 6.26 Å². The quantitative estimate of drug-likeness (QED) is 0.843. The SMILES string of the molecule is CS(=O)(=O)N1[C@@H]2CC[C@H]1CC1(C2)CN(c2ncnc3[nH]ccc23)CCO1. The molecule has 0 radical (unpaired) electrons. The Kier molecular flexibility index (Phi) is 3.57. The molecule has 3 fully saturated rings. The van der Waals surface area contributed by atoms with E-state index >= 15 is 0 Å². The second kappa shape index (κ2) is 5.64. The van der Waals surface area contributed by atoms with Crippen LogP contribution in [0.4, 0.5) is 5.82 Å². The standard InChI is InChI=1S/C17H23N5O3S/c1-26(23,24)22-12-2-3-13(22)9-17(8-12)10-21(6-7-25-17)16-14-4-5-18-15(14)19-11-20-16/h4-5,11-13H,2-3,6-10H2,1H3,(H,18,19,20)/t12-,13+,17?. The van der Waals surface area contributed by atoms with E-state index in [2.05, 4.69) is 19.9 Å². The van der Waals surface area contributed by atoms with Crippen LogP contribution in [0.2, 0.25) is 0 Å². The molecule has 26 heavy (non-hydrogen) atoms.